The predicted octanol–water partition coefficient (Wildman–Crippen LogP) is 6.27. The van der Waals surface area contributed by atoms with Crippen LogP contribution in [0.5, 0.6) is 0 Å². The largest absolute Gasteiger partial charge is 0.357 e. The SMILES string of the molecule is CNC(=O)C(Cc1ccccc1)N(Cc1ccccc1Cl)C(=O)CSCc1c(Cl)cccc1Cl. The molecule has 0 saturated carbocycles. The van der Waals surface area contributed by atoms with E-state index >= 15 is 0 Å². The highest BCUT2D eigenvalue weighted by molar-refractivity contribution is 7.99. The van der Waals surface area contributed by atoms with Crippen molar-refractivity contribution >= 4 is 58.4 Å². The normalized spacial score (nSPS) is 11.6. The highest BCUT2D eigenvalue weighted by Crippen LogP contribution is 2.29. The van der Waals surface area contributed by atoms with E-state index in [2.05, 4.69) is 5.32 Å². The molecule has 0 radical (unpaired) electrons. The summed E-state index contributed by atoms with van der Waals surface area (Å²) < 4.78 is 0. The molecule has 4 nitrogen and oxygen atoms in total. The quantitative estimate of drug-likeness (QED) is 0.333. The molecule has 0 fully saturated rings. The van der Waals surface area contributed by atoms with Crippen LogP contribution in [0.15, 0.2) is 72.8 Å². The lowest BCUT2D eigenvalue weighted by Gasteiger charge is -2.31. The molecule has 1 N–H and O–H groups in total. The first-order valence-corrected chi connectivity index (χ1v) is 13.0. The average molecular weight is 536 g/mol. The van der Waals surface area contributed by atoms with E-state index in [0.29, 0.717) is 27.2 Å². The van der Waals surface area contributed by atoms with Crippen molar-refractivity contribution in [2.75, 3.05) is 12.8 Å². The molecular formula is C26H25Cl3N2O2S. The van der Waals surface area contributed by atoms with Crippen molar-refractivity contribution in [2.45, 2.75) is 24.8 Å². The van der Waals surface area contributed by atoms with Crippen molar-refractivity contribution in [1.82, 2.24) is 10.2 Å². The molecular weight excluding hydrogens is 511 g/mol. The number of benzene rings is 3. The maximum Gasteiger partial charge on any atom is 0.242 e. The fourth-order valence-electron chi connectivity index (χ4n) is 3.52. The molecule has 0 bridgehead atoms. The number of rotatable bonds is 10. The van der Waals surface area contributed by atoms with Crippen molar-refractivity contribution in [3.8, 4) is 0 Å². The smallest absolute Gasteiger partial charge is 0.242 e. The zero-order valence-electron chi connectivity index (χ0n) is 18.6. The maximum absolute atomic E-state index is 13.5. The van der Waals surface area contributed by atoms with Gasteiger partial charge < -0.3 is 10.2 Å². The fraction of sp³-hybridized carbons (Fsp3) is 0.231. The van der Waals surface area contributed by atoms with Crippen LogP contribution < -0.4 is 5.32 Å². The Morgan fingerprint density at radius 2 is 1.50 bits per heavy atom. The number of hydrogen-bond acceptors (Lipinski definition) is 3. The summed E-state index contributed by atoms with van der Waals surface area (Å²) in [4.78, 5) is 28.0. The molecule has 3 aromatic rings. The van der Waals surface area contributed by atoms with Crippen molar-refractivity contribution in [1.29, 1.82) is 0 Å². The predicted molar refractivity (Wildman–Crippen MR) is 143 cm³/mol. The molecule has 3 rings (SSSR count). The van der Waals surface area contributed by atoms with Gasteiger partial charge >= 0.3 is 0 Å². The van der Waals surface area contributed by atoms with Crippen molar-refractivity contribution in [3.63, 3.8) is 0 Å². The first-order valence-electron chi connectivity index (χ1n) is 10.7. The Hall–Kier alpha value is -2.18. The molecule has 2 amide bonds. The van der Waals surface area contributed by atoms with E-state index in [9.17, 15) is 9.59 Å². The number of nitrogens with one attached hydrogen (secondary N) is 1. The second kappa shape index (κ2) is 13.1. The van der Waals surface area contributed by atoms with Gasteiger partial charge in [0.25, 0.3) is 0 Å². The highest BCUT2D eigenvalue weighted by Gasteiger charge is 2.30. The molecule has 8 heteroatoms. The molecule has 34 heavy (non-hydrogen) atoms. The number of thioether (sulfide) groups is 1. The van der Waals surface area contributed by atoms with E-state index in [-0.39, 0.29) is 24.1 Å². The standard InChI is InChI=1S/C26H25Cl3N2O2S/c1-30-26(33)24(14-18-8-3-2-4-9-18)31(15-19-10-5-6-11-21(19)27)25(32)17-34-16-20-22(28)12-7-13-23(20)29/h2-13,24H,14-17H2,1H3,(H,30,33). The van der Waals surface area contributed by atoms with Gasteiger partial charge in [-0.1, -0.05) is 89.4 Å². The lowest BCUT2D eigenvalue weighted by Crippen LogP contribution is -2.50. The Bertz CT molecular complexity index is 1110. The first-order chi connectivity index (χ1) is 16.4. The molecule has 1 unspecified atom stereocenters. The molecule has 0 heterocycles. The summed E-state index contributed by atoms with van der Waals surface area (Å²) in [6, 6.07) is 21.6. The van der Waals surface area contributed by atoms with Gasteiger partial charge in [0, 0.05) is 40.8 Å². The van der Waals surface area contributed by atoms with E-state index in [0.717, 1.165) is 16.7 Å². The third-order valence-corrected chi connectivity index (χ3v) is 7.37. The van der Waals surface area contributed by atoms with Gasteiger partial charge in [-0.3, -0.25) is 9.59 Å². The number of carbonyl (C=O) groups is 2. The van der Waals surface area contributed by atoms with Crippen molar-refractivity contribution in [2.24, 2.45) is 0 Å². The lowest BCUT2D eigenvalue weighted by molar-refractivity contribution is -0.139. The number of carbonyl (C=O) groups excluding carboxylic acids is 2. The molecule has 0 aliphatic carbocycles. The average Bonchev–Trinajstić information content (AvgIpc) is 2.84. The molecule has 1 atom stereocenters. The Morgan fingerprint density at radius 3 is 2.15 bits per heavy atom. The van der Waals surface area contributed by atoms with Gasteiger partial charge in [-0.25, -0.2) is 0 Å². The number of amides is 2. The Balaban J connectivity index is 1.84. The van der Waals surface area contributed by atoms with Crippen molar-refractivity contribution < 1.29 is 9.59 Å². The van der Waals surface area contributed by atoms with Crippen LogP contribution >= 0.6 is 46.6 Å². The second-order valence-corrected chi connectivity index (χ2v) is 9.83. The minimum Gasteiger partial charge on any atom is -0.357 e. The van der Waals surface area contributed by atoms with E-state index in [4.69, 9.17) is 34.8 Å². The van der Waals surface area contributed by atoms with Gasteiger partial charge in [0.15, 0.2) is 0 Å². The minimum atomic E-state index is -0.694. The van der Waals surface area contributed by atoms with Gasteiger partial charge in [0.2, 0.25) is 11.8 Å². The van der Waals surface area contributed by atoms with Crippen LogP contribution in [0.2, 0.25) is 15.1 Å². The Labute approximate surface area is 219 Å². The second-order valence-electron chi connectivity index (χ2n) is 7.63. The summed E-state index contributed by atoms with van der Waals surface area (Å²) in [6.07, 6.45) is 0.387. The highest BCUT2D eigenvalue weighted by atomic mass is 35.5. The van der Waals surface area contributed by atoms with Crippen LogP contribution in [0.25, 0.3) is 0 Å². The third-order valence-electron chi connectivity index (χ3n) is 5.35. The molecule has 0 aromatic heterocycles. The van der Waals surface area contributed by atoms with Gasteiger partial charge in [-0.15, -0.1) is 11.8 Å². The molecule has 0 aliphatic rings. The third kappa shape index (κ3) is 7.16. The first kappa shape index (κ1) is 26.4. The van der Waals surface area contributed by atoms with Crippen LogP contribution in [-0.4, -0.2) is 35.6 Å². The zero-order valence-corrected chi connectivity index (χ0v) is 21.7. The van der Waals surface area contributed by atoms with Gasteiger partial charge in [0.05, 0.1) is 5.75 Å². The minimum absolute atomic E-state index is 0.161. The summed E-state index contributed by atoms with van der Waals surface area (Å²) in [5.41, 5.74) is 2.52. The molecule has 0 spiro atoms. The molecule has 178 valence electrons. The van der Waals surface area contributed by atoms with E-state index in [1.807, 2.05) is 48.5 Å². The molecule has 0 saturated heterocycles. The zero-order chi connectivity index (χ0) is 24.5. The van der Waals surface area contributed by atoms with Crippen LogP contribution in [0.3, 0.4) is 0 Å². The van der Waals surface area contributed by atoms with Crippen LogP contribution in [-0.2, 0) is 28.3 Å². The lowest BCUT2D eigenvalue weighted by atomic mass is 10.0. The molecule has 0 aliphatic heterocycles. The molecule has 3 aromatic carbocycles. The van der Waals surface area contributed by atoms with Crippen LogP contribution in [0, 0.1) is 0 Å². The number of halogens is 3. The Morgan fingerprint density at radius 1 is 0.882 bits per heavy atom. The van der Waals surface area contributed by atoms with E-state index < -0.39 is 6.04 Å². The topological polar surface area (TPSA) is 49.4 Å². The Kier molecular flexibility index (Phi) is 10.1. The maximum atomic E-state index is 13.5. The van der Waals surface area contributed by atoms with Gasteiger partial charge in [-0.2, -0.15) is 0 Å². The summed E-state index contributed by atoms with van der Waals surface area (Å²) in [7, 11) is 1.58. The van der Waals surface area contributed by atoms with Crippen molar-refractivity contribution in [3.05, 3.63) is 105 Å². The van der Waals surface area contributed by atoms with Crippen LogP contribution in [0.1, 0.15) is 16.7 Å². The fourth-order valence-corrected chi connectivity index (χ4v) is 5.37. The summed E-state index contributed by atoms with van der Waals surface area (Å²) in [6.45, 7) is 0.219. The van der Waals surface area contributed by atoms with Crippen LogP contribution in [0.4, 0.5) is 0 Å². The van der Waals surface area contributed by atoms with Gasteiger partial charge in [-0.05, 0) is 34.9 Å². The summed E-state index contributed by atoms with van der Waals surface area (Å²) >= 11 is 20.3. The monoisotopic (exact) mass is 534 g/mol. The number of hydrogen-bond donors (Lipinski definition) is 1. The summed E-state index contributed by atoms with van der Waals surface area (Å²) in [5.74, 6) is 0.239. The van der Waals surface area contributed by atoms with Gasteiger partial charge in [0.1, 0.15) is 6.04 Å². The number of nitrogens with zero attached hydrogens (tertiary/aromatic N) is 1. The number of likely N-dealkylation sites (N-methyl/N-ethyl adjacent to an activating group) is 1. The van der Waals surface area contributed by atoms with E-state index in [1.165, 1.54) is 11.8 Å². The summed E-state index contributed by atoms with van der Waals surface area (Å²) in [5, 5.41) is 4.38. The van der Waals surface area contributed by atoms with E-state index in [1.54, 1.807) is 36.2 Å².